The van der Waals surface area contributed by atoms with Gasteiger partial charge in [-0.15, -0.1) is 0 Å². The molecule has 1 aliphatic carbocycles. The summed E-state index contributed by atoms with van der Waals surface area (Å²) in [5.74, 6) is 0.676. The Hall–Kier alpha value is -2.11. The van der Waals surface area contributed by atoms with Crippen molar-refractivity contribution in [3.8, 4) is 11.1 Å². The van der Waals surface area contributed by atoms with Crippen LogP contribution >= 0.6 is 11.9 Å². The van der Waals surface area contributed by atoms with Crippen molar-refractivity contribution in [1.82, 2.24) is 9.62 Å². The molecule has 4 heteroatoms. The van der Waals surface area contributed by atoms with Gasteiger partial charge < -0.3 is 10.4 Å². The fourth-order valence-corrected chi connectivity index (χ4v) is 6.27. The van der Waals surface area contributed by atoms with Crippen LogP contribution in [0.2, 0.25) is 0 Å². The van der Waals surface area contributed by atoms with E-state index >= 15 is 0 Å². The topological polar surface area (TPSA) is 35.5 Å². The average Bonchev–Trinajstić information content (AvgIpc) is 3.21. The van der Waals surface area contributed by atoms with Gasteiger partial charge in [0.2, 0.25) is 0 Å². The summed E-state index contributed by atoms with van der Waals surface area (Å²) >= 11 is 1.69. The number of hydrogen-bond donors (Lipinski definition) is 2. The van der Waals surface area contributed by atoms with Crippen molar-refractivity contribution in [3.63, 3.8) is 0 Å². The van der Waals surface area contributed by atoms with Gasteiger partial charge in [0.05, 0.1) is 6.10 Å². The van der Waals surface area contributed by atoms with E-state index in [0.717, 1.165) is 6.42 Å². The van der Waals surface area contributed by atoms with Crippen LogP contribution in [0.25, 0.3) is 11.1 Å². The first-order valence-electron chi connectivity index (χ1n) is 12.8. The van der Waals surface area contributed by atoms with Gasteiger partial charge >= 0.3 is 0 Å². The number of fused-ring (bicyclic) bond motifs is 1. The predicted octanol–water partition coefficient (Wildman–Crippen LogP) is 6.44. The van der Waals surface area contributed by atoms with Gasteiger partial charge in [0.15, 0.2) is 0 Å². The van der Waals surface area contributed by atoms with Gasteiger partial charge in [-0.2, -0.15) is 0 Å². The Morgan fingerprint density at radius 3 is 2.40 bits per heavy atom. The molecule has 0 aromatic heterocycles. The molecule has 0 fully saturated rings. The summed E-state index contributed by atoms with van der Waals surface area (Å²) in [5, 5.41) is 14.4. The van der Waals surface area contributed by atoms with Gasteiger partial charge in [-0.05, 0) is 117 Å². The van der Waals surface area contributed by atoms with E-state index in [4.69, 9.17) is 0 Å². The molecule has 0 aliphatic heterocycles. The van der Waals surface area contributed by atoms with E-state index in [-0.39, 0.29) is 5.54 Å². The first kappa shape index (κ1) is 26.0. The molecular weight excluding hydrogens is 448 g/mol. The highest BCUT2D eigenvalue weighted by molar-refractivity contribution is 7.97. The predicted molar refractivity (Wildman–Crippen MR) is 150 cm³/mol. The van der Waals surface area contributed by atoms with Gasteiger partial charge in [0.1, 0.15) is 0 Å². The molecule has 0 heterocycles. The average molecular weight is 489 g/mol. The number of benzene rings is 3. The standard InChI is InChI=1S/C31H40N2OS/c1-22-10-8-15-30(23(22)2)27-13-9-14-29(18-27)35-33(5)21-28(34)20-32-31(3,4)19-24-16-25-11-6-7-12-26(25)17-24/h6-15,18,24,28,32,34H,16-17,19-21H2,1-5H3. The number of β-amino-alcohol motifs (C(OH)–C–C–N with tert-alkyl or cyclic N) is 1. The fraction of sp³-hybridized carbons (Fsp3) is 0.419. The van der Waals surface area contributed by atoms with Crippen LogP contribution in [0.3, 0.4) is 0 Å². The molecular formula is C31H40N2OS. The lowest BCUT2D eigenvalue weighted by molar-refractivity contribution is 0.138. The summed E-state index contributed by atoms with van der Waals surface area (Å²) in [6, 6.07) is 24.0. The summed E-state index contributed by atoms with van der Waals surface area (Å²) in [4.78, 5) is 1.19. The van der Waals surface area contributed by atoms with Crippen molar-refractivity contribution >= 4 is 11.9 Å². The molecule has 4 rings (SSSR count). The maximum atomic E-state index is 10.7. The van der Waals surface area contributed by atoms with Gasteiger partial charge in [-0.3, -0.25) is 0 Å². The lowest BCUT2D eigenvalue weighted by atomic mass is 9.88. The van der Waals surface area contributed by atoms with Crippen LogP contribution in [0.5, 0.6) is 0 Å². The first-order valence-corrected chi connectivity index (χ1v) is 13.5. The molecule has 0 amide bonds. The van der Waals surface area contributed by atoms with Crippen LogP contribution in [-0.4, -0.2) is 41.2 Å². The Balaban J connectivity index is 1.26. The molecule has 186 valence electrons. The highest BCUT2D eigenvalue weighted by atomic mass is 32.2. The van der Waals surface area contributed by atoms with Gasteiger partial charge in [-0.1, -0.05) is 54.6 Å². The minimum Gasteiger partial charge on any atom is -0.390 e. The number of aliphatic hydroxyl groups is 1. The van der Waals surface area contributed by atoms with Crippen molar-refractivity contribution < 1.29 is 5.11 Å². The van der Waals surface area contributed by atoms with Crippen LogP contribution in [0, 0.1) is 19.8 Å². The zero-order valence-electron chi connectivity index (χ0n) is 21.8. The van der Waals surface area contributed by atoms with E-state index in [1.165, 1.54) is 51.1 Å². The highest BCUT2D eigenvalue weighted by Gasteiger charge is 2.28. The normalized spacial score (nSPS) is 14.9. The molecule has 3 nitrogen and oxygen atoms in total. The molecule has 3 aromatic carbocycles. The molecule has 0 spiro atoms. The van der Waals surface area contributed by atoms with E-state index in [9.17, 15) is 5.11 Å². The number of nitrogens with one attached hydrogen (secondary N) is 1. The van der Waals surface area contributed by atoms with Crippen LogP contribution in [0.1, 0.15) is 42.5 Å². The Morgan fingerprint density at radius 1 is 1.00 bits per heavy atom. The molecule has 1 aliphatic rings. The van der Waals surface area contributed by atoms with Crippen molar-refractivity contribution in [2.24, 2.45) is 5.92 Å². The molecule has 3 aromatic rings. The van der Waals surface area contributed by atoms with Gasteiger partial charge in [-0.25, -0.2) is 4.31 Å². The summed E-state index contributed by atoms with van der Waals surface area (Å²) in [5.41, 5.74) is 8.18. The van der Waals surface area contributed by atoms with Crippen molar-refractivity contribution in [3.05, 3.63) is 89.0 Å². The maximum Gasteiger partial charge on any atom is 0.0800 e. The van der Waals surface area contributed by atoms with Crippen LogP contribution in [-0.2, 0) is 12.8 Å². The summed E-state index contributed by atoms with van der Waals surface area (Å²) in [6.45, 7) is 10.1. The molecule has 1 atom stereocenters. The quantitative estimate of drug-likeness (QED) is 0.322. The zero-order chi connectivity index (χ0) is 25.0. The third-order valence-corrected chi connectivity index (χ3v) is 8.16. The third-order valence-electron chi connectivity index (χ3n) is 7.23. The number of nitrogens with zero attached hydrogens (tertiary/aromatic N) is 1. The summed E-state index contributed by atoms with van der Waals surface area (Å²) in [7, 11) is 2.05. The second kappa shape index (κ2) is 11.3. The van der Waals surface area contributed by atoms with Gasteiger partial charge in [0, 0.05) is 23.5 Å². The number of aryl methyl sites for hydroxylation is 1. The van der Waals surface area contributed by atoms with Crippen LogP contribution < -0.4 is 5.32 Å². The van der Waals surface area contributed by atoms with Crippen molar-refractivity contribution in [2.45, 2.75) is 63.5 Å². The summed E-state index contributed by atoms with van der Waals surface area (Å²) < 4.78 is 2.13. The monoisotopic (exact) mass is 488 g/mol. The largest absolute Gasteiger partial charge is 0.390 e. The van der Waals surface area contributed by atoms with E-state index in [2.05, 4.69) is 111 Å². The number of likely N-dealkylation sites (N-methyl/N-ethyl adjacent to an activating group) is 1. The van der Waals surface area contributed by atoms with E-state index in [1.54, 1.807) is 11.9 Å². The molecule has 0 bridgehead atoms. The van der Waals surface area contributed by atoms with E-state index in [1.807, 2.05) is 0 Å². The smallest absolute Gasteiger partial charge is 0.0800 e. The Kier molecular flexibility index (Phi) is 8.38. The molecule has 1 unspecified atom stereocenters. The first-order chi connectivity index (χ1) is 16.7. The van der Waals surface area contributed by atoms with E-state index < -0.39 is 6.10 Å². The number of rotatable bonds is 10. The van der Waals surface area contributed by atoms with Gasteiger partial charge in [0.25, 0.3) is 0 Å². The van der Waals surface area contributed by atoms with Crippen LogP contribution in [0.4, 0.5) is 0 Å². The summed E-state index contributed by atoms with van der Waals surface area (Å²) in [6.07, 6.45) is 3.04. The molecule has 0 saturated carbocycles. The maximum absolute atomic E-state index is 10.7. The second-order valence-electron chi connectivity index (χ2n) is 10.8. The molecule has 0 radical (unpaired) electrons. The van der Waals surface area contributed by atoms with E-state index in [0.29, 0.717) is 19.0 Å². The lowest BCUT2D eigenvalue weighted by Gasteiger charge is -2.31. The van der Waals surface area contributed by atoms with Crippen LogP contribution in [0.15, 0.2) is 71.6 Å². The second-order valence-corrected chi connectivity index (χ2v) is 12.1. The number of hydrogen-bond acceptors (Lipinski definition) is 4. The lowest BCUT2D eigenvalue weighted by Crippen LogP contribution is -2.46. The third kappa shape index (κ3) is 6.98. The minimum atomic E-state index is -0.422. The molecule has 35 heavy (non-hydrogen) atoms. The zero-order valence-corrected chi connectivity index (χ0v) is 22.7. The SMILES string of the molecule is Cc1cccc(-c2cccc(SN(C)CC(O)CNC(C)(C)CC3Cc4ccccc4C3)c2)c1C. The molecule has 2 N–H and O–H groups in total. The number of aliphatic hydroxyl groups excluding tert-OH is 1. The highest BCUT2D eigenvalue weighted by Crippen LogP contribution is 2.32. The fourth-order valence-electron chi connectivity index (χ4n) is 5.35. The van der Waals surface area contributed by atoms with Crippen molar-refractivity contribution in [2.75, 3.05) is 20.1 Å². The van der Waals surface area contributed by atoms with Crippen molar-refractivity contribution in [1.29, 1.82) is 0 Å². The molecule has 0 saturated heterocycles. The Labute approximate surface area is 216 Å². The Bertz CT molecular complexity index is 1120. The minimum absolute atomic E-state index is 0.000585. The Morgan fingerprint density at radius 2 is 1.69 bits per heavy atom.